The monoisotopic (exact) mass is 373 g/mol. The van der Waals surface area contributed by atoms with Crippen LogP contribution in [0.1, 0.15) is 18.5 Å². The Balaban J connectivity index is 1.53. The summed E-state index contributed by atoms with van der Waals surface area (Å²) in [5.74, 6) is 0.518. The van der Waals surface area contributed by atoms with Crippen LogP contribution in [0.3, 0.4) is 0 Å². The van der Waals surface area contributed by atoms with Gasteiger partial charge in [0.2, 0.25) is 11.8 Å². The molecule has 1 unspecified atom stereocenters. The zero-order valence-electron chi connectivity index (χ0n) is 13.5. The molecule has 7 heteroatoms. The van der Waals surface area contributed by atoms with Gasteiger partial charge >= 0.3 is 0 Å². The largest absolute Gasteiger partial charge is 0.411 e. The van der Waals surface area contributed by atoms with E-state index in [1.165, 1.54) is 11.8 Å². The molecule has 1 heterocycles. The summed E-state index contributed by atoms with van der Waals surface area (Å²) in [6, 6.07) is 16.9. The van der Waals surface area contributed by atoms with Crippen molar-refractivity contribution < 1.29 is 9.21 Å². The Labute approximate surface area is 154 Å². The fourth-order valence-electron chi connectivity index (χ4n) is 2.21. The van der Waals surface area contributed by atoms with E-state index >= 15 is 0 Å². The van der Waals surface area contributed by atoms with Crippen molar-refractivity contribution in [2.24, 2.45) is 0 Å². The number of hydrogen-bond acceptors (Lipinski definition) is 5. The van der Waals surface area contributed by atoms with Gasteiger partial charge in [0.25, 0.3) is 5.22 Å². The number of rotatable bonds is 6. The van der Waals surface area contributed by atoms with Crippen molar-refractivity contribution in [2.45, 2.75) is 18.2 Å². The van der Waals surface area contributed by atoms with Crippen molar-refractivity contribution in [3.63, 3.8) is 0 Å². The Morgan fingerprint density at radius 2 is 1.88 bits per heavy atom. The molecule has 0 aliphatic carbocycles. The van der Waals surface area contributed by atoms with Crippen molar-refractivity contribution in [2.75, 3.05) is 5.75 Å². The molecule has 1 atom stereocenters. The standard InChI is InChI=1S/C18H16ClN3O2S/c1-12(13-5-3-2-4-6-13)20-16(23)11-25-18-22-21-17(24-18)14-7-9-15(19)10-8-14/h2-10,12H,11H2,1H3,(H,20,23). The molecule has 128 valence electrons. The molecule has 0 radical (unpaired) electrons. The number of thioether (sulfide) groups is 1. The summed E-state index contributed by atoms with van der Waals surface area (Å²) in [6.45, 7) is 1.95. The van der Waals surface area contributed by atoms with Gasteiger partial charge in [-0.05, 0) is 36.8 Å². The first-order valence-corrected chi connectivity index (χ1v) is 9.05. The van der Waals surface area contributed by atoms with E-state index in [1.54, 1.807) is 24.3 Å². The van der Waals surface area contributed by atoms with Crippen LogP contribution in [-0.4, -0.2) is 21.9 Å². The Hall–Kier alpha value is -2.31. The quantitative estimate of drug-likeness (QED) is 0.650. The number of carbonyl (C=O) groups excluding carboxylic acids is 1. The first kappa shape index (κ1) is 17.5. The van der Waals surface area contributed by atoms with Gasteiger partial charge in [0.1, 0.15) is 0 Å². The minimum absolute atomic E-state index is 0.0541. The van der Waals surface area contributed by atoms with Crippen LogP contribution in [0.15, 0.2) is 64.2 Å². The fraction of sp³-hybridized carbons (Fsp3) is 0.167. The van der Waals surface area contributed by atoms with Crippen molar-refractivity contribution in [1.82, 2.24) is 15.5 Å². The lowest BCUT2D eigenvalue weighted by Gasteiger charge is -2.13. The maximum Gasteiger partial charge on any atom is 0.277 e. The lowest BCUT2D eigenvalue weighted by molar-refractivity contribution is -0.119. The number of benzene rings is 2. The van der Waals surface area contributed by atoms with Gasteiger partial charge in [0, 0.05) is 10.6 Å². The molecule has 0 aliphatic rings. The number of amides is 1. The number of nitrogens with one attached hydrogen (secondary N) is 1. The summed E-state index contributed by atoms with van der Waals surface area (Å²) in [5.41, 5.74) is 1.84. The minimum Gasteiger partial charge on any atom is -0.411 e. The highest BCUT2D eigenvalue weighted by atomic mass is 35.5. The van der Waals surface area contributed by atoms with Crippen LogP contribution in [-0.2, 0) is 4.79 Å². The Bertz CT molecular complexity index is 837. The molecule has 0 bridgehead atoms. The first-order chi connectivity index (χ1) is 12.1. The second-order valence-electron chi connectivity index (χ2n) is 5.37. The Kier molecular flexibility index (Phi) is 5.73. The molecule has 3 rings (SSSR count). The first-order valence-electron chi connectivity index (χ1n) is 7.68. The third kappa shape index (κ3) is 4.84. The highest BCUT2D eigenvalue weighted by Gasteiger charge is 2.13. The number of nitrogens with zero attached hydrogens (tertiary/aromatic N) is 2. The van der Waals surface area contributed by atoms with Crippen LogP contribution in [0.5, 0.6) is 0 Å². The summed E-state index contributed by atoms with van der Waals surface area (Å²) in [5, 5.41) is 11.9. The Morgan fingerprint density at radius 1 is 1.16 bits per heavy atom. The van der Waals surface area contributed by atoms with Crippen molar-refractivity contribution in [1.29, 1.82) is 0 Å². The molecule has 1 N–H and O–H groups in total. The average molecular weight is 374 g/mol. The van der Waals surface area contributed by atoms with E-state index < -0.39 is 0 Å². The van der Waals surface area contributed by atoms with E-state index in [9.17, 15) is 4.79 Å². The maximum atomic E-state index is 12.1. The third-order valence-electron chi connectivity index (χ3n) is 3.50. The van der Waals surface area contributed by atoms with Gasteiger partial charge in [0.15, 0.2) is 0 Å². The second kappa shape index (κ2) is 8.18. The number of aromatic nitrogens is 2. The van der Waals surface area contributed by atoms with Gasteiger partial charge in [-0.3, -0.25) is 4.79 Å². The fourth-order valence-corrected chi connectivity index (χ4v) is 2.91. The van der Waals surface area contributed by atoms with E-state index in [0.717, 1.165) is 11.1 Å². The molecule has 25 heavy (non-hydrogen) atoms. The van der Waals surface area contributed by atoms with Gasteiger partial charge in [0.05, 0.1) is 11.8 Å². The summed E-state index contributed by atoms with van der Waals surface area (Å²) in [6.07, 6.45) is 0. The third-order valence-corrected chi connectivity index (χ3v) is 4.57. The van der Waals surface area contributed by atoms with Crippen LogP contribution >= 0.6 is 23.4 Å². The van der Waals surface area contributed by atoms with Crippen molar-refractivity contribution in [3.8, 4) is 11.5 Å². The molecule has 3 aromatic rings. The van der Waals surface area contributed by atoms with Crippen LogP contribution < -0.4 is 5.32 Å². The van der Waals surface area contributed by atoms with Gasteiger partial charge in [-0.25, -0.2) is 0 Å². The smallest absolute Gasteiger partial charge is 0.277 e. The van der Waals surface area contributed by atoms with Crippen LogP contribution in [0, 0.1) is 0 Å². The number of carbonyl (C=O) groups is 1. The molecule has 0 fully saturated rings. The van der Waals surface area contributed by atoms with E-state index in [2.05, 4.69) is 15.5 Å². The van der Waals surface area contributed by atoms with E-state index in [1.807, 2.05) is 37.3 Å². The van der Waals surface area contributed by atoms with Gasteiger partial charge in [-0.15, -0.1) is 10.2 Å². The average Bonchev–Trinajstić information content (AvgIpc) is 3.10. The van der Waals surface area contributed by atoms with Gasteiger partial charge < -0.3 is 9.73 Å². The molecule has 1 amide bonds. The lowest BCUT2D eigenvalue weighted by Crippen LogP contribution is -2.28. The normalized spacial score (nSPS) is 11.9. The zero-order valence-corrected chi connectivity index (χ0v) is 15.1. The van der Waals surface area contributed by atoms with Gasteiger partial charge in [-0.2, -0.15) is 0 Å². The molecule has 0 spiro atoms. The molecule has 5 nitrogen and oxygen atoms in total. The minimum atomic E-state index is -0.0902. The van der Waals surface area contributed by atoms with Crippen LogP contribution in [0.25, 0.3) is 11.5 Å². The van der Waals surface area contributed by atoms with Crippen molar-refractivity contribution in [3.05, 3.63) is 65.2 Å². The summed E-state index contributed by atoms with van der Waals surface area (Å²) < 4.78 is 5.57. The second-order valence-corrected chi connectivity index (χ2v) is 6.73. The summed E-state index contributed by atoms with van der Waals surface area (Å²) in [7, 11) is 0. The topological polar surface area (TPSA) is 68.0 Å². The van der Waals surface area contributed by atoms with E-state index in [-0.39, 0.29) is 17.7 Å². The maximum absolute atomic E-state index is 12.1. The molecule has 1 aromatic heterocycles. The molecule has 0 saturated heterocycles. The predicted octanol–water partition coefficient (Wildman–Crippen LogP) is 4.36. The van der Waals surface area contributed by atoms with Crippen molar-refractivity contribution >= 4 is 29.3 Å². The highest BCUT2D eigenvalue weighted by Crippen LogP contribution is 2.24. The van der Waals surface area contributed by atoms with E-state index in [0.29, 0.717) is 16.1 Å². The molecular weight excluding hydrogens is 358 g/mol. The van der Waals surface area contributed by atoms with Gasteiger partial charge in [-0.1, -0.05) is 53.7 Å². The van der Waals surface area contributed by atoms with Crippen LogP contribution in [0.4, 0.5) is 0 Å². The predicted molar refractivity (Wildman–Crippen MR) is 98.5 cm³/mol. The summed E-state index contributed by atoms with van der Waals surface area (Å²) in [4.78, 5) is 12.1. The SMILES string of the molecule is CC(NC(=O)CSc1nnc(-c2ccc(Cl)cc2)o1)c1ccccc1. The van der Waals surface area contributed by atoms with E-state index in [4.69, 9.17) is 16.0 Å². The zero-order chi connectivity index (χ0) is 17.6. The molecule has 0 saturated carbocycles. The summed E-state index contributed by atoms with van der Waals surface area (Å²) >= 11 is 7.07. The Morgan fingerprint density at radius 3 is 2.60 bits per heavy atom. The number of hydrogen-bond donors (Lipinski definition) is 1. The van der Waals surface area contributed by atoms with Crippen LogP contribution in [0.2, 0.25) is 5.02 Å². The number of halogens is 1. The molecule has 0 aliphatic heterocycles. The molecule has 2 aromatic carbocycles. The lowest BCUT2D eigenvalue weighted by atomic mass is 10.1. The highest BCUT2D eigenvalue weighted by molar-refractivity contribution is 7.99. The molecular formula is C18H16ClN3O2S.